The maximum absolute atomic E-state index is 6.26. The minimum Gasteiger partial charge on any atom is -0.488 e. The first-order valence-electron chi connectivity index (χ1n) is 6.94. The van der Waals surface area contributed by atoms with Crippen LogP contribution in [0.25, 0.3) is 0 Å². The second-order valence-electron chi connectivity index (χ2n) is 5.23. The lowest BCUT2D eigenvalue weighted by Gasteiger charge is -2.25. The van der Waals surface area contributed by atoms with Crippen LogP contribution in [0.2, 0.25) is 10.0 Å². The molecule has 0 bridgehead atoms. The highest BCUT2D eigenvalue weighted by Gasteiger charge is 2.26. The smallest absolute Gasteiger partial charge is 0.141 e. The first kappa shape index (κ1) is 15.0. The summed E-state index contributed by atoms with van der Waals surface area (Å²) in [5, 5.41) is 4.67. The fraction of sp³-hybridized carbons (Fsp3) is 0.600. The van der Waals surface area contributed by atoms with E-state index in [0.29, 0.717) is 16.0 Å². The number of hydrogen-bond donors (Lipinski definition) is 1. The number of halogens is 2. The van der Waals surface area contributed by atoms with E-state index in [9.17, 15) is 0 Å². The van der Waals surface area contributed by atoms with Crippen molar-refractivity contribution >= 4 is 23.2 Å². The molecule has 1 N–H and O–H groups in total. The maximum Gasteiger partial charge on any atom is 0.141 e. The molecule has 2 nitrogen and oxygen atoms in total. The standard InChI is InChI=1S/C15H21Cl2NO/c1-3-4-14(11-5-6-18-9-11)19-15-10(2)7-12(16)8-13(15)17/h7-8,11,14,18H,3-6,9H2,1-2H3/t11?,14-/m0/s1. The minimum atomic E-state index is 0.234. The number of benzene rings is 1. The van der Waals surface area contributed by atoms with Crippen LogP contribution < -0.4 is 10.1 Å². The summed E-state index contributed by atoms with van der Waals surface area (Å²) in [7, 11) is 0. The predicted molar refractivity (Wildman–Crippen MR) is 81.5 cm³/mol. The van der Waals surface area contributed by atoms with Crippen molar-refractivity contribution in [1.82, 2.24) is 5.32 Å². The lowest BCUT2D eigenvalue weighted by Crippen LogP contribution is -2.29. The first-order valence-corrected chi connectivity index (χ1v) is 7.70. The van der Waals surface area contributed by atoms with Gasteiger partial charge in [-0.2, -0.15) is 0 Å². The maximum atomic E-state index is 6.26. The fourth-order valence-electron chi connectivity index (χ4n) is 2.66. The van der Waals surface area contributed by atoms with Gasteiger partial charge in [-0.25, -0.2) is 0 Å². The van der Waals surface area contributed by atoms with Crippen LogP contribution in [0.1, 0.15) is 31.7 Å². The van der Waals surface area contributed by atoms with Crippen molar-refractivity contribution in [3.63, 3.8) is 0 Å². The molecule has 1 aromatic rings. The Kier molecular flexibility index (Phi) is 5.37. The summed E-state index contributed by atoms with van der Waals surface area (Å²) in [6, 6.07) is 3.65. The largest absolute Gasteiger partial charge is 0.488 e. The van der Waals surface area contributed by atoms with Crippen molar-refractivity contribution in [2.24, 2.45) is 5.92 Å². The number of aryl methyl sites for hydroxylation is 1. The topological polar surface area (TPSA) is 21.3 Å². The zero-order valence-corrected chi connectivity index (χ0v) is 13.0. The second-order valence-corrected chi connectivity index (χ2v) is 6.08. The lowest BCUT2D eigenvalue weighted by atomic mass is 9.97. The summed E-state index contributed by atoms with van der Waals surface area (Å²) < 4.78 is 6.22. The zero-order valence-electron chi connectivity index (χ0n) is 11.5. The van der Waals surface area contributed by atoms with Crippen LogP contribution in [0.3, 0.4) is 0 Å². The van der Waals surface area contributed by atoms with Gasteiger partial charge in [-0.05, 0) is 44.0 Å². The first-order chi connectivity index (χ1) is 9.11. The molecule has 0 amide bonds. The van der Waals surface area contributed by atoms with Gasteiger partial charge in [-0.3, -0.25) is 0 Å². The van der Waals surface area contributed by atoms with Crippen LogP contribution >= 0.6 is 23.2 Å². The SMILES string of the molecule is CCC[C@H](Oc1c(C)cc(Cl)cc1Cl)C1CCNC1. The summed E-state index contributed by atoms with van der Waals surface area (Å²) in [6.07, 6.45) is 3.59. The molecule has 2 rings (SSSR count). The Morgan fingerprint density at radius 2 is 2.21 bits per heavy atom. The molecule has 0 radical (unpaired) electrons. The molecule has 1 unspecified atom stereocenters. The Bertz CT molecular complexity index is 407. The van der Waals surface area contributed by atoms with Crippen LogP contribution in [-0.4, -0.2) is 19.2 Å². The summed E-state index contributed by atoms with van der Waals surface area (Å²) in [6.45, 7) is 6.30. The van der Waals surface area contributed by atoms with E-state index in [4.69, 9.17) is 27.9 Å². The van der Waals surface area contributed by atoms with E-state index in [1.54, 1.807) is 6.07 Å². The third kappa shape index (κ3) is 3.77. The van der Waals surface area contributed by atoms with E-state index in [0.717, 1.165) is 37.2 Å². The van der Waals surface area contributed by atoms with E-state index in [1.807, 2.05) is 13.0 Å². The molecule has 0 aliphatic carbocycles. The van der Waals surface area contributed by atoms with E-state index in [2.05, 4.69) is 12.2 Å². The van der Waals surface area contributed by atoms with E-state index in [1.165, 1.54) is 6.42 Å². The molecule has 0 spiro atoms. The van der Waals surface area contributed by atoms with Gasteiger partial charge in [0.2, 0.25) is 0 Å². The lowest BCUT2D eigenvalue weighted by molar-refractivity contribution is 0.131. The Morgan fingerprint density at radius 1 is 1.42 bits per heavy atom. The van der Waals surface area contributed by atoms with Gasteiger partial charge in [0.15, 0.2) is 0 Å². The van der Waals surface area contributed by atoms with Crippen molar-refractivity contribution in [3.8, 4) is 5.75 Å². The molecule has 1 aliphatic heterocycles. The molecule has 2 atom stereocenters. The number of nitrogens with one attached hydrogen (secondary N) is 1. The molecule has 0 saturated carbocycles. The fourth-order valence-corrected chi connectivity index (χ4v) is 3.30. The number of hydrogen-bond acceptors (Lipinski definition) is 2. The highest BCUT2D eigenvalue weighted by Crippen LogP contribution is 2.34. The Hall–Kier alpha value is -0.440. The molecule has 1 aromatic carbocycles. The molecule has 1 saturated heterocycles. The van der Waals surface area contributed by atoms with Crippen LogP contribution in [0.15, 0.2) is 12.1 Å². The molecule has 4 heteroatoms. The molecule has 1 heterocycles. The van der Waals surface area contributed by atoms with E-state index in [-0.39, 0.29) is 6.10 Å². The molecule has 1 aliphatic rings. The quantitative estimate of drug-likeness (QED) is 0.867. The average Bonchev–Trinajstić information content (AvgIpc) is 2.85. The van der Waals surface area contributed by atoms with E-state index < -0.39 is 0 Å². The Morgan fingerprint density at radius 3 is 2.79 bits per heavy atom. The minimum absolute atomic E-state index is 0.234. The highest BCUT2D eigenvalue weighted by molar-refractivity contribution is 6.35. The van der Waals surface area contributed by atoms with E-state index >= 15 is 0 Å². The molecule has 106 valence electrons. The summed E-state index contributed by atoms with van der Waals surface area (Å²) >= 11 is 12.3. The van der Waals surface area contributed by atoms with Gasteiger partial charge in [0.1, 0.15) is 11.9 Å². The van der Waals surface area contributed by atoms with Crippen molar-refractivity contribution in [1.29, 1.82) is 0 Å². The molecule has 19 heavy (non-hydrogen) atoms. The van der Waals surface area contributed by atoms with Gasteiger partial charge in [0.05, 0.1) is 5.02 Å². The van der Waals surface area contributed by atoms with Crippen molar-refractivity contribution < 1.29 is 4.74 Å². The molecular formula is C15H21Cl2NO. The van der Waals surface area contributed by atoms with Gasteiger partial charge in [-0.1, -0.05) is 36.5 Å². The Balaban J connectivity index is 2.16. The van der Waals surface area contributed by atoms with Crippen LogP contribution in [0.5, 0.6) is 5.75 Å². The monoisotopic (exact) mass is 301 g/mol. The molecule has 1 fully saturated rings. The van der Waals surface area contributed by atoms with Crippen LogP contribution in [0, 0.1) is 12.8 Å². The zero-order chi connectivity index (χ0) is 13.8. The predicted octanol–water partition coefficient (Wildman–Crippen LogP) is 4.46. The number of rotatable bonds is 5. The van der Waals surface area contributed by atoms with Gasteiger partial charge >= 0.3 is 0 Å². The molecule has 0 aromatic heterocycles. The Labute approximate surface area is 125 Å². The average molecular weight is 302 g/mol. The number of ether oxygens (including phenoxy) is 1. The van der Waals surface area contributed by atoms with Gasteiger partial charge in [0, 0.05) is 17.5 Å². The summed E-state index contributed by atoms with van der Waals surface area (Å²) in [5.41, 5.74) is 1.00. The van der Waals surface area contributed by atoms with Crippen LogP contribution in [0.4, 0.5) is 0 Å². The van der Waals surface area contributed by atoms with Gasteiger partial charge in [-0.15, -0.1) is 0 Å². The third-order valence-corrected chi connectivity index (χ3v) is 4.16. The van der Waals surface area contributed by atoms with Gasteiger partial charge < -0.3 is 10.1 Å². The summed E-state index contributed by atoms with van der Waals surface area (Å²) in [4.78, 5) is 0. The summed E-state index contributed by atoms with van der Waals surface area (Å²) in [5.74, 6) is 1.36. The van der Waals surface area contributed by atoms with Crippen LogP contribution in [-0.2, 0) is 0 Å². The van der Waals surface area contributed by atoms with Crippen molar-refractivity contribution in [3.05, 3.63) is 27.7 Å². The highest BCUT2D eigenvalue weighted by atomic mass is 35.5. The van der Waals surface area contributed by atoms with Crippen molar-refractivity contribution in [2.75, 3.05) is 13.1 Å². The molecular weight excluding hydrogens is 281 g/mol. The third-order valence-electron chi connectivity index (χ3n) is 3.66. The van der Waals surface area contributed by atoms with Gasteiger partial charge in [0.25, 0.3) is 0 Å². The normalized spacial score (nSPS) is 20.5. The van der Waals surface area contributed by atoms with Crippen molar-refractivity contribution in [2.45, 2.75) is 39.2 Å². The second kappa shape index (κ2) is 6.83.